The summed E-state index contributed by atoms with van der Waals surface area (Å²) in [4.78, 5) is 26.6. The molecule has 0 aliphatic rings. The monoisotopic (exact) mass is 321 g/mol. The molecule has 0 fully saturated rings. The van der Waals surface area contributed by atoms with Crippen molar-refractivity contribution in [2.75, 3.05) is 5.32 Å². The maximum atomic E-state index is 11.8. The highest BCUT2D eigenvalue weighted by atomic mass is 16.5. The van der Waals surface area contributed by atoms with Gasteiger partial charge in [-0.3, -0.25) is 14.3 Å². The Morgan fingerprint density at radius 3 is 2.96 bits per heavy atom. The summed E-state index contributed by atoms with van der Waals surface area (Å²) in [5.41, 5.74) is 0. The molecule has 0 atom stereocenters. The van der Waals surface area contributed by atoms with E-state index in [1.165, 1.54) is 10.9 Å². The van der Waals surface area contributed by atoms with Gasteiger partial charge in [0.2, 0.25) is 11.8 Å². The first kappa shape index (κ1) is 16.7. The number of nitrogens with one attached hydrogen (secondary N) is 1. The molecule has 124 valence electrons. The number of hydrogen-bond donors (Lipinski definition) is 2. The minimum Gasteiger partial charge on any atom is -0.480 e. The van der Waals surface area contributed by atoms with E-state index < -0.39 is 5.97 Å². The molecule has 23 heavy (non-hydrogen) atoms. The molecule has 2 aromatic rings. The number of amides is 1. The van der Waals surface area contributed by atoms with Crippen LogP contribution in [0.1, 0.15) is 37.9 Å². The molecule has 0 aliphatic carbocycles. The van der Waals surface area contributed by atoms with Crippen LogP contribution in [0.2, 0.25) is 0 Å². The highest BCUT2D eigenvalue weighted by molar-refractivity contribution is 5.89. The van der Waals surface area contributed by atoms with Crippen LogP contribution in [0.5, 0.6) is 0 Å². The van der Waals surface area contributed by atoms with Gasteiger partial charge in [-0.2, -0.15) is 10.1 Å². The average molecular weight is 321 g/mol. The molecular weight excluding hydrogens is 302 g/mol. The number of nitrogens with zero attached hydrogens (tertiary/aromatic N) is 4. The number of aryl methyl sites for hydroxylation is 2. The molecule has 2 aromatic heterocycles. The van der Waals surface area contributed by atoms with Crippen LogP contribution >= 0.6 is 0 Å². The van der Waals surface area contributed by atoms with Crippen LogP contribution in [-0.4, -0.2) is 36.9 Å². The lowest BCUT2D eigenvalue weighted by atomic mass is 10.2. The Hall–Kier alpha value is -2.71. The number of rotatable bonds is 9. The Balaban J connectivity index is 1.72. The van der Waals surface area contributed by atoms with Gasteiger partial charge in [-0.1, -0.05) is 12.1 Å². The number of carboxylic acids is 1. The van der Waals surface area contributed by atoms with Crippen molar-refractivity contribution in [1.82, 2.24) is 19.9 Å². The summed E-state index contributed by atoms with van der Waals surface area (Å²) in [5, 5.41) is 19.1. The maximum absolute atomic E-state index is 11.8. The third kappa shape index (κ3) is 5.53. The van der Waals surface area contributed by atoms with Crippen molar-refractivity contribution < 1.29 is 19.2 Å². The number of anilines is 1. The molecule has 9 nitrogen and oxygen atoms in total. The van der Waals surface area contributed by atoms with Gasteiger partial charge in [-0.15, -0.1) is 0 Å². The number of carbonyl (C=O) groups excluding carboxylic acids is 1. The fourth-order valence-corrected chi connectivity index (χ4v) is 1.98. The Morgan fingerprint density at radius 1 is 1.39 bits per heavy atom. The van der Waals surface area contributed by atoms with Gasteiger partial charge >= 0.3 is 5.97 Å². The molecule has 0 saturated carbocycles. The van der Waals surface area contributed by atoms with Crippen molar-refractivity contribution >= 4 is 17.7 Å². The van der Waals surface area contributed by atoms with Gasteiger partial charge in [-0.25, -0.2) is 0 Å². The Bertz CT molecular complexity index is 664. The minimum absolute atomic E-state index is 0.195. The fraction of sp³-hybridized carbons (Fsp3) is 0.500. The summed E-state index contributed by atoms with van der Waals surface area (Å²) in [6, 6.07) is 1.55. The zero-order valence-electron chi connectivity index (χ0n) is 12.9. The zero-order valence-corrected chi connectivity index (χ0v) is 12.9. The van der Waals surface area contributed by atoms with Crippen molar-refractivity contribution in [3.05, 3.63) is 24.0 Å². The SMILES string of the molecule is CCCc1noc(CCCC(=O)Nc2ccn(CC(=O)O)n2)n1. The second-order valence-electron chi connectivity index (χ2n) is 5.05. The molecule has 0 bridgehead atoms. The Morgan fingerprint density at radius 2 is 2.22 bits per heavy atom. The van der Waals surface area contributed by atoms with E-state index in [0.717, 1.165) is 12.8 Å². The molecule has 2 heterocycles. The van der Waals surface area contributed by atoms with Crippen molar-refractivity contribution in [3.8, 4) is 0 Å². The van der Waals surface area contributed by atoms with Gasteiger partial charge in [-0.05, 0) is 12.8 Å². The topological polar surface area (TPSA) is 123 Å². The van der Waals surface area contributed by atoms with Crippen LogP contribution in [0.25, 0.3) is 0 Å². The first-order valence-electron chi connectivity index (χ1n) is 7.43. The first-order valence-corrected chi connectivity index (χ1v) is 7.43. The van der Waals surface area contributed by atoms with E-state index in [1.54, 1.807) is 6.07 Å². The van der Waals surface area contributed by atoms with Crippen molar-refractivity contribution in [3.63, 3.8) is 0 Å². The lowest BCUT2D eigenvalue weighted by Crippen LogP contribution is -2.13. The van der Waals surface area contributed by atoms with Crippen LogP contribution in [-0.2, 0) is 29.0 Å². The molecule has 9 heteroatoms. The van der Waals surface area contributed by atoms with E-state index >= 15 is 0 Å². The molecule has 0 unspecified atom stereocenters. The highest BCUT2D eigenvalue weighted by Gasteiger charge is 2.09. The largest absolute Gasteiger partial charge is 0.480 e. The minimum atomic E-state index is -0.993. The van der Waals surface area contributed by atoms with Gasteiger partial charge in [0.1, 0.15) is 6.54 Å². The van der Waals surface area contributed by atoms with Crippen molar-refractivity contribution in [2.45, 2.75) is 45.6 Å². The molecule has 0 aliphatic heterocycles. The zero-order chi connectivity index (χ0) is 16.7. The molecule has 0 saturated heterocycles. The summed E-state index contributed by atoms with van der Waals surface area (Å²) in [5.74, 6) is 0.369. The number of aliphatic carboxylic acids is 1. The summed E-state index contributed by atoms with van der Waals surface area (Å²) >= 11 is 0. The summed E-state index contributed by atoms with van der Waals surface area (Å²) in [6.45, 7) is 1.80. The van der Waals surface area contributed by atoms with E-state index in [9.17, 15) is 9.59 Å². The van der Waals surface area contributed by atoms with Crippen LogP contribution in [0.4, 0.5) is 5.82 Å². The van der Waals surface area contributed by atoms with Crippen molar-refractivity contribution in [2.24, 2.45) is 0 Å². The Kier molecular flexibility index (Phi) is 5.84. The number of carbonyl (C=O) groups is 2. The van der Waals surface area contributed by atoms with E-state index in [1.807, 2.05) is 6.92 Å². The van der Waals surface area contributed by atoms with E-state index in [4.69, 9.17) is 9.63 Å². The second-order valence-corrected chi connectivity index (χ2v) is 5.05. The fourth-order valence-electron chi connectivity index (χ4n) is 1.98. The van der Waals surface area contributed by atoms with Crippen molar-refractivity contribution in [1.29, 1.82) is 0 Å². The third-order valence-electron chi connectivity index (χ3n) is 2.98. The van der Waals surface area contributed by atoms with Crippen LogP contribution in [0, 0.1) is 0 Å². The first-order chi connectivity index (χ1) is 11.1. The number of aromatic nitrogens is 4. The van der Waals surface area contributed by atoms with Crippen LogP contribution < -0.4 is 5.32 Å². The summed E-state index contributed by atoms with van der Waals surface area (Å²) in [6.07, 6.45) is 4.64. The predicted octanol–water partition coefficient (Wildman–Crippen LogP) is 1.26. The van der Waals surface area contributed by atoms with Crippen LogP contribution in [0.3, 0.4) is 0 Å². The van der Waals surface area contributed by atoms with E-state index in [0.29, 0.717) is 30.4 Å². The van der Waals surface area contributed by atoms with E-state index in [2.05, 4.69) is 20.6 Å². The van der Waals surface area contributed by atoms with Gasteiger partial charge in [0.05, 0.1) is 0 Å². The molecule has 0 radical (unpaired) electrons. The highest BCUT2D eigenvalue weighted by Crippen LogP contribution is 2.07. The third-order valence-corrected chi connectivity index (χ3v) is 2.98. The van der Waals surface area contributed by atoms with Gasteiger partial charge in [0.15, 0.2) is 11.6 Å². The predicted molar refractivity (Wildman–Crippen MR) is 79.7 cm³/mol. The molecule has 0 spiro atoms. The van der Waals surface area contributed by atoms with E-state index in [-0.39, 0.29) is 18.9 Å². The average Bonchev–Trinajstić information content (AvgIpc) is 3.09. The van der Waals surface area contributed by atoms with Gasteiger partial charge in [0, 0.05) is 31.5 Å². The molecular formula is C14H19N5O4. The molecule has 2 N–H and O–H groups in total. The number of carboxylic acid groups (broad SMARTS) is 1. The van der Waals surface area contributed by atoms with Crippen LogP contribution in [0.15, 0.2) is 16.8 Å². The lowest BCUT2D eigenvalue weighted by Gasteiger charge is -2.00. The standard InChI is InChI=1S/C14H19N5O4/c1-2-4-11-16-13(23-18-11)6-3-5-12(20)15-10-7-8-19(17-10)9-14(21)22/h7-8H,2-6,9H2,1H3,(H,21,22)(H,15,17,20). The molecule has 0 aromatic carbocycles. The molecule has 2 rings (SSSR count). The summed E-state index contributed by atoms with van der Waals surface area (Å²) < 4.78 is 6.34. The Labute approximate surface area is 132 Å². The quantitative estimate of drug-likeness (QED) is 0.712. The molecule has 1 amide bonds. The maximum Gasteiger partial charge on any atom is 0.325 e. The smallest absolute Gasteiger partial charge is 0.325 e. The summed E-state index contributed by atoms with van der Waals surface area (Å²) in [7, 11) is 0. The normalized spacial score (nSPS) is 10.7. The van der Waals surface area contributed by atoms with Gasteiger partial charge < -0.3 is 14.9 Å². The number of hydrogen-bond acceptors (Lipinski definition) is 6. The second kappa shape index (κ2) is 8.06. The lowest BCUT2D eigenvalue weighted by molar-refractivity contribution is -0.137. The van der Waals surface area contributed by atoms with Gasteiger partial charge in [0.25, 0.3) is 0 Å².